The van der Waals surface area contributed by atoms with Gasteiger partial charge in [-0.3, -0.25) is 0 Å². The third kappa shape index (κ3) is 3.98. The van der Waals surface area contributed by atoms with Crippen LogP contribution in [0.4, 0.5) is 0 Å². The standard InChI is InChI=1S/C17H20O5/c1-4-19-21-22-20-16-11-7-14(8-12-16)17(2,3)13-5-9-15(18)10-6-13/h5-12,18H,4H2,1-3H3. The van der Waals surface area contributed by atoms with Crippen LogP contribution in [0.3, 0.4) is 0 Å². The summed E-state index contributed by atoms with van der Waals surface area (Å²) in [7, 11) is 0. The Hall–Kier alpha value is -2.08. The molecule has 0 atom stereocenters. The van der Waals surface area contributed by atoms with Crippen molar-refractivity contribution in [2.24, 2.45) is 0 Å². The van der Waals surface area contributed by atoms with Gasteiger partial charge in [0.2, 0.25) is 0 Å². The van der Waals surface area contributed by atoms with Crippen molar-refractivity contribution in [3.8, 4) is 11.5 Å². The summed E-state index contributed by atoms with van der Waals surface area (Å²) >= 11 is 0. The SMILES string of the molecule is CCOOOOc1ccc(C(C)(C)c2ccc(O)cc2)cc1. The van der Waals surface area contributed by atoms with E-state index in [9.17, 15) is 5.11 Å². The molecule has 0 amide bonds. The fraction of sp³-hybridized carbons (Fsp3) is 0.294. The minimum Gasteiger partial charge on any atom is -0.508 e. The minimum atomic E-state index is -0.199. The lowest BCUT2D eigenvalue weighted by molar-refractivity contribution is -0.606. The smallest absolute Gasteiger partial charge is 0.168 e. The molecule has 2 rings (SSSR count). The molecular formula is C17H20O5. The van der Waals surface area contributed by atoms with Crippen molar-refractivity contribution in [1.82, 2.24) is 0 Å². The highest BCUT2D eigenvalue weighted by Gasteiger charge is 2.23. The van der Waals surface area contributed by atoms with Crippen molar-refractivity contribution in [1.29, 1.82) is 0 Å². The number of phenolic OH excluding ortho intramolecular Hbond substituents is 1. The lowest BCUT2D eigenvalue weighted by Gasteiger charge is -2.26. The topological polar surface area (TPSA) is 57.2 Å². The Labute approximate surface area is 129 Å². The van der Waals surface area contributed by atoms with Gasteiger partial charge in [-0.2, -0.15) is 0 Å². The lowest BCUT2D eigenvalue weighted by atomic mass is 9.78. The highest BCUT2D eigenvalue weighted by molar-refractivity contribution is 5.41. The van der Waals surface area contributed by atoms with Crippen LogP contribution >= 0.6 is 0 Å². The Bertz CT molecular complexity index is 575. The third-order valence-electron chi connectivity index (χ3n) is 3.49. The Balaban J connectivity index is 2.06. The van der Waals surface area contributed by atoms with Crippen LogP contribution in [0.1, 0.15) is 31.9 Å². The van der Waals surface area contributed by atoms with Gasteiger partial charge < -0.3 is 9.99 Å². The minimum absolute atomic E-state index is 0.199. The van der Waals surface area contributed by atoms with Gasteiger partial charge in [-0.1, -0.05) is 38.1 Å². The van der Waals surface area contributed by atoms with E-state index in [2.05, 4.69) is 28.8 Å². The molecule has 22 heavy (non-hydrogen) atoms. The molecule has 0 bridgehead atoms. The Kier molecular flexibility index (Phi) is 5.38. The molecule has 1 N–H and O–H groups in total. The first-order valence-electron chi connectivity index (χ1n) is 7.07. The Morgan fingerprint density at radius 3 is 1.95 bits per heavy atom. The Morgan fingerprint density at radius 2 is 1.41 bits per heavy atom. The van der Waals surface area contributed by atoms with E-state index in [1.165, 1.54) is 0 Å². The summed E-state index contributed by atoms with van der Waals surface area (Å²) in [4.78, 5) is 9.45. The lowest BCUT2D eigenvalue weighted by Crippen LogP contribution is -2.18. The summed E-state index contributed by atoms with van der Waals surface area (Å²) in [6.45, 7) is 6.36. The number of rotatable bonds is 7. The van der Waals surface area contributed by atoms with E-state index in [-0.39, 0.29) is 11.2 Å². The fourth-order valence-corrected chi connectivity index (χ4v) is 2.09. The van der Waals surface area contributed by atoms with Crippen molar-refractivity contribution >= 4 is 0 Å². The maximum atomic E-state index is 9.40. The van der Waals surface area contributed by atoms with Gasteiger partial charge in [0.15, 0.2) is 5.75 Å². The van der Waals surface area contributed by atoms with Gasteiger partial charge in [0.05, 0.1) is 6.61 Å². The molecule has 0 radical (unpaired) electrons. The first kappa shape index (κ1) is 16.3. The number of aromatic hydroxyl groups is 1. The summed E-state index contributed by atoms with van der Waals surface area (Å²) in [5.74, 6) is 0.764. The normalized spacial score (nSPS) is 11.4. The second-order valence-electron chi connectivity index (χ2n) is 5.32. The molecule has 0 spiro atoms. The molecule has 2 aromatic carbocycles. The van der Waals surface area contributed by atoms with Crippen LogP contribution in [0, 0.1) is 0 Å². The molecule has 0 saturated heterocycles. The van der Waals surface area contributed by atoms with E-state index >= 15 is 0 Å². The van der Waals surface area contributed by atoms with Crippen LogP contribution in [0.2, 0.25) is 0 Å². The highest BCUT2D eigenvalue weighted by Crippen LogP contribution is 2.33. The van der Waals surface area contributed by atoms with Crippen LogP contribution in [0.15, 0.2) is 48.5 Å². The van der Waals surface area contributed by atoms with Crippen LogP contribution in [0.25, 0.3) is 0 Å². The molecule has 0 aliphatic rings. The molecular weight excluding hydrogens is 284 g/mol. The van der Waals surface area contributed by atoms with Crippen molar-refractivity contribution in [3.63, 3.8) is 0 Å². The van der Waals surface area contributed by atoms with Gasteiger partial charge in [-0.15, -0.1) is 0 Å². The van der Waals surface area contributed by atoms with E-state index in [1.807, 2.05) is 24.3 Å². The first-order valence-corrected chi connectivity index (χ1v) is 7.07. The largest absolute Gasteiger partial charge is 0.508 e. The Morgan fingerprint density at radius 1 is 0.864 bits per heavy atom. The molecule has 5 nitrogen and oxygen atoms in total. The van der Waals surface area contributed by atoms with E-state index in [0.717, 1.165) is 11.1 Å². The molecule has 0 aliphatic heterocycles. The first-order chi connectivity index (χ1) is 10.5. The highest BCUT2D eigenvalue weighted by atomic mass is 17.7. The molecule has 5 heteroatoms. The molecule has 0 fully saturated rings. The monoisotopic (exact) mass is 304 g/mol. The van der Waals surface area contributed by atoms with Gasteiger partial charge in [0, 0.05) is 10.5 Å². The molecule has 0 saturated carbocycles. The van der Waals surface area contributed by atoms with E-state index in [4.69, 9.17) is 4.89 Å². The summed E-state index contributed by atoms with van der Waals surface area (Å²) < 4.78 is 0. The quantitative estimate of drug-likeness (QED) is 0.477. The van der Waals surface area contributed by atoms with Crippen molar-refractivity contribution in [2.75, 3.05) is 6.61 Å². The van der Waals surface area contributed by atoms with Gasteiger partial charge in [-0.25, -0.2) is 4.89 Å². The van der Waals surface area contributed by atoms with Crippen molar-refractivity contribution in [2.45, 2.75) is 26.2 Å². The fourth-order valence-electron chi connectivity index (χ4n) is 2.09. The molecule has 0 heterocycles. The predicted octanol–water partition coefficient (Wildman–Crippen LogP) is 3.91. The molecule has 0 unspecified atom stereocenters. The zero-order valence-corrected chi connectivity index (χ0v) is 12.9. The second kappa shape index (κ2) is 7.26. The molecule has 0 aromatic heterocycles. The van der Waals surface area contributed by atoms with Gasteiger partial charge in [0.1, 0.15) is 5.75 Å². The number of phenols is 1. The molecule has 118 valence electrons. The van der Waals surface area contributed by atoms with E-state index < -0.39 is 0 Å². The number of hydrogen-bond acceptors (Lipinski definition) is 5. The van der Waals surface area contributed by atoms with Crippen LogP contribution in [-0.2, 0) is 20.4 Å². The van der Waals surface area contributed by atoms with E-state index in [0.29, 0.717) is 12.4 Å². The molecule has 2 aromatic rings. The predicted molar refractivity (Wildman–Crippen MR) is 81.1 cm³/mol. The summed E-state index contributed by atoms with van der Waals surface area (Å²) in [5.41, 5.74) is 2.01. The summed E-state index contributed by atoms with van der Waals surface area (Å²) in [6.07, 6.45) is 0. The summed E-state index contributed by atoms with van der Waals surface area (Å²) in [6, 6.07) is 14.7. The van der Waals surface area contributed by atoms with E-state index in [1.54, 1.807) is 31.2 Å². The zero-order chi connectivity index (χ0) is 16.0. The van der Waals surface area contributed by atoms with Gasteiger partial charge >= 0.3 is 0 Å². The number of hydrogen-bond donors (Lipinski definition) is 1. The van der Waals surface area contributed by atoms with Crippen molar-refractivity contribution in [3.05, 3.63) is 59.7 Å². The average molecular weight is 304 g/mol. The zero-order valence-electron chi connectivity index (χ0n) is 12.9. The van der Waals surface area contributed by atoms with Crippen molar-refractivity contribution < 1.29 is 25.0 Å². The van der Waals surface area contributed by atoms with Crippen LogP contribution < -0.4 is 4.89 Å². The molecule has 0 aliphatic carbocycles. The maximum absolute atomic E-state index is 9.40. The van der Waals surface area contributed by atoms with Crippen LogP contribution in [0.5, 0.6) is 11.5 Å². The van der Waals surface area contributed by atoms with Gasteiger partial charge in [0.25, 0.3) is 0 Å². The summed E-state index contributed by atoms with van der Waals surface area (Å²) in [5, 5.41) is 18.1. The number of benzene rings is 2. The third-order valence-corrected chi connectivity index (χ3v) is 3.49. The second-order valence-corrected chi connectivity index (χ2v) is 5.32. The maximum Gasteiger partial charge on any atom is 0.168 e. The average Bonchev–Trinajstić information content (AvgIpc) is 2.52. The van der Waals surface area contributed by atoms with Crippen LogP contribution in [-0.4, -0.2) is 11.7 Å². The van der Waals surface area contributed by atoms with Gasteiger partial charge in [-0.05, 0) is 47.4 Å².